The summed E-state index contributed by atoms with van der Waals surface area (Å²) in [7, 11) is 1.50. The largest absolute Gasteiger partial charge is 0.396 e. The Morgan fingerprint density at radius 1 is 1.21 bits per heavy atom. The average Bonchev–Trinajstić information content (AvgIpc) is 2.26. The molecular formula is C13H21N3O2S. The van der Waals surface area contributed by atoms with Gasteiger partial charge in [-0.3, -0.25) is 0 Å². The standard InChI is InChI=1S/C13H21N3O2S/c1-15(2)19(17,18)12-9-5-8-11(13(12)14)16(3)10-6-4-7-10/h5,8-10H,4,6-7,14H2,1-3H3. The number of nitrogens with zero attached hydrogens (tertiary/aromatic N) is 2. The maximum Gasteiger partial charge on any atom is 0.244 e. The number of benzene rings is 1. The molecule has 1 aromatic rings. The first kappa shape index (κ1) is 14.1. The van der Waals surface area contributed by atoms with E-state index in [1.807, 2.05) is 13.1 Å². The Bertz CT molecular complexity index is 565. The molecule has 0 atom stereocenters. The molecule has 1 aromatic carbocycles. The number of rotatable bonds is 4. The Kier molecular flexibility index (Phi) is 3.73. The highest BCUT2D eigenvalue weighted by Crippen LogP contribution is 2.35. The lowest BCUT2D eigenvalue weighted by atomic mass is 9.91. The summed E-state index contributed by atoms with van der Waals surface area (Å²) < 4.78 is 25.6. The van der Waals surface area contributed by atoms with Crippen LogP contribution in [0.3, 0.4) is 0 Å². The molecule has 0 spiro atoms. The molecular weight excluding hydrogens is 262 g/mol. The first-order valence-corrected chi connectivity index (χ1v) is 7.83. The van der Waals surface area contributed by atoms with E-state index >= 15 is 0 Å². The number of hydrogen-bond acceptors (Lipinski definition) is 4. The van der Waals surface area contributed by atoms with Gasteiger partial charge < -0.3 is 10.6 Å². The van der Waals surface area contributed by atoms with Crippen LogP contribution in [0.4, 0.5) is 11.4 Å². The zero-order chi connectivity index (χ0) is 14.2. The number of anilines is 2. The fraction of sp³-hybridized carbons (Fsp3) is 0.538. The topological polar surface area (TPSA) is 66.6 Å². The van der Waals surface area contributed by atoms with Crippen molar-refractivity contribution in [3.05, 3.63) is 18.2 Å². The fourth-order valence-electron chi connectivity index (χ4n) is 2.23. The van der Waals surface area contributed by atoms with Gasteiger partial charge in [0.2, 0.25) is 10.0 Å². The Morgan fingerprint density at radius 3 is 2.32 bits per heavy atom. The van der Waals surface area contributed by atoms with E-state index in [1.54, 1.807) is 12.1 Å². The molecule has 1 fully saturated rings. The van der Waals surface area contributed by atoms with Crippen LogP contribution in [0.1, 0.15) is 19.3 Å². The molecule has 106 valence electrons. The van der Waals surface area contributed by atoms with Crippen molar-refractivity contribution in [3.63, 3.8) is 0 Å². The zero-order valence-electron chi connectivity index (χ0n) is 11.6. The van der Waals surface area contributed by atoms with Crippen LogP contribution in [0, 0.1) is 0 Å². The summed E-state index contributed by atoms with van der Waals surface area (Å²) in [6.07, 6.45) is 3.51. The summed E-state index contributed by atoms with van der Waals surface area (Å²) in [5, 5.41) is 0. The minimum absolute atomic E-state index is 0.182. The van der Waals surface area contributed by atoms with Crippen molar-refractivity contribution in [1.29, 1.82) is 0 Å². The molecule has 0 amide bonds. The molecule has 2 rings (SSSR count). The monoisotopic (exact) mass is 283 g/mol. The van der Waals surface area contributed by atoms with Gasteiger partial charge in [0.05, 0.1) is 11.4 Å². The molecule has 1 aliphatic rings. The van der Waals surface area contributed by atoms with Crippen LogP contribution < -0.4 is 10.6 Å². The molecule has 0 bridgehead atoms. The van der Waals surface area contributed by atoms with E-state index in [0.717, 1.165) is 18.5 Å². The molecule has 0 saturated heterocycles. The van der Waals surface area contributed by atoms with E-state index in [2.05, 4.69) is 4.90 Å². The number of nitrogens with two attached hydrogens (primary N) is 1. The molecule has 0 unspecified atom stereocenters. The van der Waals surface area contributed by atoms with Crippen molar-refractivity contribution < 1.29 is 8.42 Å². The van der Waals surface area contributed by atoms with E-state index in [0.29, 0.717) is 11.7 Å². The minimum atomic E-state index is -3.50. The third-order valence-corrected chi connectivity index (χ3v) is 5.68. The van der Waals surface area contributed by atoms with Gasteiger partial charge in [-0.25, -0.2) is 12.7 Å². The lowest BCUT2D eigenvalue weighted by Crippen LogP contribution is -2.37. The van der Waals surface area contributed by atoms with Crippen molar-refractivity contribution in [2.75, 3.05) is 31.8 Å². The Hall–Kier alpha value is -1.27. The summed E-state index contributed by atoms with van der Waals surface area (Å²) in [4.78, 5) is 2.27. The molecule has 0 aromatic heterocycles. The zero-order valence-corrected chi connectivity index (χ0v) is 12.4. The second kappa shape index (κ2) is 5.02. The first-order valence-electron chi connectivity index (χ1n) is 6.39. The number of para-hydroxylation sites is 1. The van der Waals surface area contributed by atoms with Gasteiger partial charge in [0, 0.05) is 27.2 Å². The summed E-state index contributed by atoms with van der Waals surface area (Å²) >= 11 is 0. The number of sulfonamides is 1. The molecule has 0 heterocycles. The molecule has 1 aliphatic carbocycles. The highest BCUT2D eigenvalue weighted by molar-refractivity contribution is 7.89. The van der Waals surface area contributed by atoms with Crippen molar-refractivity contribution in [2.24, 2.45) is 0 Å². The second-order valence-electron chi connectivity index (χ2n) is 5.17. The van der Waals surface area contributed by atoms with Gasteiger partial charge in [0.25, 0.3) is 0 Å². The van der Waals surface area contributed by atoms with Crippen molar-refractivity contribution in [2.45, 2.75) is 30.2 Å². The van der Waals surface area contributed by atoms with Gasteiger partial charge in [-0.1, -0.05) is 6.07 Å². The highest BCUT2D eigenvalue weighted by Gasteiger charge is 2.27. The van der Waals surface area contributed by atoms with Crippen LogP contribution in [-0.4, -0.2) is 39.9 Å². The summed E-state index contributed by atoms with van der Waals surface area (Å²) in [5.41, 5.74) is 7.21. The quantitative estimate of drug-likeness (QED) is 0.851. The molecule has 0 aliphatic heterocycles. The van der Waals surface area contributed by atoms with Gasteiger partial charge in [0.15, 0.2) is 0 Å². The molecule has 19 heavy (non-hydrogen) atoms. The summed E-state index contributed by atoms with van der Waals surface area (Å²) in [5.74, 6) is 0. The molecule has 6 heteroatoms. The van der Waals surface area contributed by atoms with Crippen LogP contribution in [-0.2, 0) is 10.0 Å². The molecule has 1 saturated carbocycles. The van der Waals surface area contributed by atoms with Crippen LogP contribution in [0.25, 0.3) is 0 Å². The van der Waals surface area contributed by atoms with Crippen LogP contribution in [0.5, 0.6) is 0 Å². The second-order valence-corrected chi connectivity index (χ2v) is 7.29. The minimum Gasteiger partial charge on any atom is -0.396 e. The van der Waals surface area contributed by atoms with Crippen molar-refractivity contribution in [1.82, 2.24) is 4.31 Å². The van der Waals surface area contributed by atoms with E-state index in [4.69, 9.17) is 5.73 Å². The SMILES string of the molecule is CN(c1cccc(S(=O)(=O)N(C)C)c1N)C1CCC1. The predicted octanol–water partition coefficient (Wildman–Crippen LogP) is 1.51. The number of hydrogen-bond donors (Lipinski definition) is 1. The highest BCUT2D eigenvalue weighted by atomic mass is 32.2. The molecule has 5 nitrogen and oxygen atoms in total. The maximum absolute atomic E-state index is 12.2. The van der Waals surface area contributed by atoms with Crippen LogP contribution in [0.15, 0.2) is 23.1 Å². The van der Waals surface area contributed by atoms with Gasteiger partial charge in [0.1, 0.15) is 4.90 Å². The summed E-state index contributed by atoms with van der Waals surface area (Å²) in [6, 6.07) is 5.65. The van der Waals surface area contributed by atoms with Gasteiger partial charge in [-0.2, -0.15) is 0 Å². The average molecular weight is 283 g/mol. The van der Waals surface area contributed by atoms with Crippen LogP contribution >= 0.6 is 0 Å². The smallest absolute Gasteiger partial charge is 0.244 e. The van der Waals surface area contributed by atoms with E-state index in [9.17, 15) is 8.42 Å². The normalized spacial score (nSPS) is 16.4. The van der Waals surface area contributed by atoms with Gasteiger partial charge in [-0.15, -0.1) is 0 Å². The molecule has 0 radical (unpaired) electrons. The van der Waals surface area contributed by atoms with Gasteiger partial charge >= 0.3 is 0 Å². The Labute approximate surface area is 115 Å². The third kappa shape index (κ3) is 2.42. The summed E-state index contributed by atoms with van der Waals surface area (Å²) in [6.45, 7) is 0. The Morgan fingerprint density at radius 2 is 1.84 bits per heavy atom. The maximum atomic E-state index is 12.2. The number of nitrogen functional groups attached to an aromatic ring is 1. The van der Waals surface area contributed by atoms with E-state index in [1.165, 1.54) is 24.8 Å². The lowest BCUT2D eigenvalue weighted by molar-refractivity contribution is 0.401. The van der Waals surface area contributed by atoms with Crippen molar-refractivity contribution >= 4 is 21.4 Å². The predicted molar refractivity (Wildman–Crippen MR) is 77.8 cm³/mol. The van der Waals surface area contributed by atoms with Crippen molar-refractivity contribution in [3.8, 4) is 0 Å². The van der Waals surface area contributed by atoms with E-state index in [-0.39, 0.29) is 4.90 Å². The Balaban J connectivity index is 2.43. The third-order valence-electron chi connectivity index (χ3n) is 3.80. The molecule has 2 N–H and O–H groups in total. The lowest BCUT2D eigenvalue weighted by Gasteiger charge is -2.37. The van der Waals surface area contributed by atoms with Gasteiger partial charge in [-0.05, 0) is 31.4 Å². The fourth-order valence-corrected chi connectivity index (χ4v) is 3.26. The first-order chi connectivity index (χ1) is 8.85. The van der Waals surface area contributed by atoms with E-state index < -0.39 is 10.0 Å². The van der Waals surface area contributed by atoms with Crippen LogP contribution in [0.2, 0.25) is 0 Å².